The number of carbonyl (C=O) groups excluding carboxylic acids is 1. The van der Waals surface area contributed by atoms with E-state index in [9.17, 15) is 4.79 Å². The first-order valence-electron chi connectivity index (χ1n) is 7.41. The van der Waals surface area contributed by atoms with Crippen LogP contribution in [0.5, 0.6) is 5.75 Å². The van der Waals surface area contributed by atoms with Crippen LogP contribution in [-0.2, 0) is 10.2 Å². The van der Waals surface area contributed by atoms with Gasteiger partial charge in [-0.15, -0.1) is 0 Å². The zero-order valence-corrected chi connectivity index (χ0v) is 13.0. The van der Waals surface area contributed by atoms with E-state index >= 15 is 0 Å². The van der Waals surface area contributed by atoms with Gasteiger partial charge in [0.15, 0.2) is 0 Å². The Kier molecular flexibility index (Phi) is 4.48. The third-order valence-electron chi connectivity index (χ3n) is 4.54. The molecule has 0 saturated carbocycles. The van der Waals surface area contributed by atoms with Crippen LogP contribution in [0.3, 0.4) is 0 Å². The number of Topliss-reactive ketones (excluding diaryl/α,β-unsaturated/α-hetero) is 1. The number of piperidine rings is 1. The molecule has 3 nitrogen and oxygen atoms in total. The average Bonchev–Trinajstić information content (AvgIpc) is 2.47. The van der Waals surface area contributed by atoms with Crippen molar-refractivity contribution in [3.05, 3.63) is 29.3 Å². The van der Waals surface area contributed by atoms with Crippen molar-refractivity contribution >= 4 is 5.78 Å². The van der Waals surface area contributed by atoms with E-state index in [2.05, 4.69) is 31.3 Å². The number of benzene rings is 1. The monoisotopic (exact) mass is 275 g/mol. The second-order valence-corrected chi connectivity index (χ2v) is 6.00. The van der Waals surface area contributed by atoms with E-state index in [0.29, 0.717) is 5.92 Å². The minimum atomic E-state index is -0.387. The highest BCUT2D eigenvalue weighted by molar-refractivity contribution is 5.89. The molecule has 1 fully saturated rings. The molecule has 20 heavy (non-hydrogen) atoms. The lowest BCUT2D eigenvalue weighted by atomic mass is 9.69. The summed E-state index contributed by atoms with van der Waals surface area (Å²) in [5.41, 5.74) is 1.95. The molecule has 0 atom stereocenters. The number of carbonyl (C=O) groups is 1. The number of nitrogens with one attached hydrogen (secondary N) is 1. The maximum Gasteiger partial charge on any atom is 0.140 e. The predicted molar refractivity (Wildman–Crippen MR) is 81.5 cm³/mol. The summed E-state index contributed by atoms with van der Waals surface area (Å²) in [4.78, 5) is 12.4. The van der Waals surface area contributed by atoms with Crippen LogP contribution in [-0.4, -0.2) is 26.0 Å². The Morgan fingerprint density at radius 2 is 1.95 bits per heavy atom. The molecule has 1 aromatic carbocycles. The summed E-state index contributed by atoms with van der Waals surface area (Å²) in [5.74, 6) is 1.54. The molecular formula is C17H25NO2. The van der Waals surface area contributed by atoms with Gasteiger partial charge in [-0.3, -0.25) is 4.79 Å². The minimum Gasteiger partial charge on any atom is -0.496 e. The number of hydrogen-bond acceptors (Lipinski definition) is 3. The van der Waals surface area contributed by atoms with Gasteiger partial charge in [-0.2, -0.15) is 0 Å². The zero-order valence-electron chi connectivity index (χ0n) is 13.0. The van der Waals surface area contributed by atoms with Crippen molar-refractivity contribution in [3.8, 4) is 5.75 Å². The Morgan fingerprint density at radius 3 is 2.45 bits per heavy atom. The standard InChI is InChI=1S/C17H25NO2/c1-12(2)14-5-6-16(20-4)15(11-14)17(13(3)19)7-9-18-10-8-17/h5-6,11-12,18H,7-10H2,1-4H3. The SMILES string of the molecule is COc1ccc(C(C)C)cc1C1(C(C)=O)CCNCC1. The van der Waals surface area contributed by atoms with Crippen LogP contribution in [0.1, 0.15) is 50.7 Å². The van der Waals surface area contributed by atoms with Gasteiger partial charge in [0.1, 0.15) is 11.5 Å². The Hall–Kier alpha value is -1.35. The molecule has 1 N–H and O–H groups in total. The van der Waals surface area contributed by atoms with Crippen molar-refractivity contribution in [1.82, 2.24) is 5.32 Å². The zero-order chi connectivity index (χ0) is 14.8. The lowest BCUT2D eigenvalue weighted by Gasteiger charge is -2.37. The van der Waals surface area contributed by atoms with Crippen LogP contribution in [0.15, 0.2) is 18.2 Å². The molecule has 3 heteroatoms. The molecule has 1 heterocycles. The molecule has 1 aliphatic heterocycles. The van der Waals surface area contributed by atoms with Crippen LogP contribution in [0.2, 0.25) is 0 Å². The van der Waals surface area contributed by atoms with E-state index < -0.39 is 0 Å². The third-order valence-corrected chi connectivity index (χ3v) is 4.54. The molecule has 110 valence electrons. The normalized spacial score (nSPS) is 18.1. The van der Waals surface area contributed by atoms with Crippen LogP contribution < -0.4 is 10.1 Å². The van der Waals surface area contributed by atoms with Gasteiger partial charge in [0.2, 0.25) is 0 Å². The van der Waals surface area contributed by atoms with E-state index in [-0.39, 0.29) is 11.2 Å². The maximum absolute atomic E-state index is 12.4. The molecule has 1 aromatic rings. The summed E-state index contributed by atoms with van der Waals surface area (Å²) >= 11 is 0. The molecule has 0 spiro atoms. The van der Waals surface area contributed by atoms with Crippen LogP contribution in [0.4, 0.5) is 0 Å². The first-order valence-corrected chi connectivity index (χ1v) is 7.41. The molecule has 0 amide bonds. The third kappa shape index (κ3) is 2.59. The topological polar surface area (TPSA) is 38.3 Å². The van der Waals surface area contributed by atoms with E-state index in [1.807, 2.05) is 6.07 Å². The lowest BCUT2D eigenvalue weighted by molar-refractivity contribution is -0.123. The van der Waals surface area contributed by atoms with Crippen LogP contribution in [0, 0.1) is 0 Å². The molecule has 0 unspecified atom stereocenters. The molecule has 0 aromatic heterocycles. The first kappa shape index (κ1) is 15.0. The second-order valence-electron chi connectivity index (χ2n) is 6.00. The van der Waals surface area contributed by atoms with Crippen molar-refractivity contribution < 1.29 is 9.53 Å². The van der Waals surface area contributed by atoms with Gasteiger partial charge in [0, 0.05) is 5.56 Å². The van der Waals surface area contributed by atoms with Gasteiger partial charge in [-0.25, -0.2) is 0 Å². The van der Waals surface area contributed by atoms with Crippen molar-refractivity contribution in [1.29, 1.82) is 0 Å². The first-order chi connectivity index (χ1) is 9.51. The summed E-state index contributed by atoms with van der Waals surface area (Å²) in [6, 6.07) is 6.29. The van der Waals surface area contributed by atoms with E-state index in [1.165, 1.54) is 5.56 Å². The van der Waals surface area contributed by atoms with Gasteiger partial charge in [-0.1, -0.05) is 26.0 Å². The lowest BCUT2D eigenvalue weighted by Crippen LogP contribution is -2.44. The summed E-state index contributed by atoms with van der Waals surface area (Å²) in [5, 5.41) is 3.35. The largest absolute Gasteiger partial charge is 0.496 e. The fraction of sp³-hybridized carbons (Fsp3) is 0.588. The van der Waals surface area contributed by atoms with E-state index in [0.717, 1.165) is 37.2 Å². The number of ketones is 1. The highest BCUT2D eigenvalue weighted by Gasteiger charge is 2.40. The molecule has 1 saturated heterocycles. The van der Waals surface area contributed by atoms with Crippen molar-refractivity contribution in [2.24, 2.45) is 0 Å². The highest BCUT2D eigenvalue weighted by Crippen LogP contribution is 2.41. The van der Waals surface area contributed by atoms with Crippen molar-refractivity contribution in [2.45, 2.75) is 44.9 Å². The Morgan fingerprint density at radius 1 is 1.30 bits per heavy atom. The van der Waals surface area contributed by atoms with Crippen molar-refractivity contribution in [2.75, 3.05) is 20.2 Å². The fourth-order valence-electron chi connectivity index (χ4n) is 3.12. The number of ether oxygens (including phenoxy) is 1. The highest BCUT2D eigenvalue weighted by atomic mass is 16.5. The number of hydrogen-bond donors (Lipinski definition) is 1. The van der Waals surface area contributed by atoms with E-state index in [4.69, 9.17) is 4.74 Å². The summed E-state index contributed by atoms with van der Waals surface area (Å²) < 4.78 is 5.54. The number of rotatable bonds is 4. The molecule has 0 bridgehead atoms. The Balaban J connectivity index is 2.56. The van der Waals surface area contributed by atoms with E-state index in [1.54, 1.807) is 14.0 Å². The van der Waals surface area contributed by atoms with Gasteiger partial charge >= 0.3 is 0 Å². The second kappa shape index (κ2) is 5.96. The summed E-state index contributed by atoms with van der Waals surface area (Å²) in [6.07, 6.45) is 1.69. The summed E-state index contributed by atoms with van der Waals surface area (Å²) in [7, 11) is 1.68. The molecule has 1 aliphatic rings. The fourth-order valence-corrected chi connectivity index (χ4v) is 3.12. The number of methoxy groups -OCH3 is 1. The van der Waals surface area contributed by atoms with Crippen molar-refractivity contribution in [3.63, 3.8) is 0 Å². The predicted octanol–water partition coefficient (Wildman–Crippen LogP) is 3.03. The van der Waals surface area contributed by atoms with Gasteiger partial charge in [-0.05, 0) is 50.4 Å². The van der Waals surface area contributed by atoms with Crippen LogP contribution in [0.25, 0.3) is 0 Å². The molecule has 0 radical (unpaired) electrons. The Labute approximate surface area is 121 Å². The van der Waals surface area contributed by atoms with Crippen LogP contribution >= 0.6 is 0 Å². The average molecular weight is 275 g/mol. The molecule has 0 aliphatic carbocycles. The van der Waals surface area contributed by atoms with Gasteiger partial charge < -0.3 is 10.1 Å². The maximum atomic E-state index is 12.4. The summed E-state index contributed by atoms with van der Waals surface area (Å²) in [6.45, 7) is 7.83. The minimum absolute atomic E-state index is 0.248. The quantitative estimate of drug-likeness (QED) is 0.918. The Bertz CT molecular complexity index is 488. The molecule has 2 rings (SSSR count). The van der Waals surface area contributed by atoms with Gasteiger partial charge in [0.25, 0.3) is 0 Å². The molecular weight excluding hydrogens is 250 g/mol. The van der Waals surface area contributed by atoms with Gasteiger partial charge in [0.05, 0.1) is 12.5 Å². The smallest absolute Gasteiger partial charge is 0.140 e.